The largest absolute Gasteiger partial charge is 0.487 e. The summed E-state index contributed by atoms with van der Waals surface area (Å²) in [5.74, 6) is 0.108. The van der Waals surface area contributed by atoms with Crippen molar-refractivity contribution < 1.29 is 13.5 Å². The quantitative estimate of drug-likeness (QED) is 0.669. The maximum Gasteiger partial charge on any atom is 0.336 e. The van der Waals surface area contributed by atoms with Crippen LogP contribution in [0.1, 0.15) is 11.1 Å². The summed E-state index contributed by atoms with van der Waals surface area (Å²) in [6.07, 6.45) is 0. The fourth-order valence-corrected chi connectivity index (χ4v) is 2.39. The molecule has 3 nitrogen and oxygen atoms in total. The summed E-state index contributed by atoms with van der Waals surface area (Å²) in [5, 5.41) is 1.19. The van der Waals surface area contributed by atoms with Gasteiger partial charge >= 0.3 is 5.63 Å². The molecule has 0 atom stereocenters. The zero-order valence-electron chi connectivity index (χ0n) is 11.7. The molecule has 0 saturated carbocycles. The summed E-state index contributed by atoms with van der Waals surface area (Å²) >= 11 is 6.20. The number of hydrogen-bond donors (Lipinski definition) is 0. The molecule has 2 aromatic carbocycles. The van der Waals surface area contributed by atoms with Gasteiger partial charge in [-0.25, -0.2) is 9.18 Å². The van der Waals surface area contributed by atoms with Crippen molar-refractivity contribution in [2.75, 3.05) is 0 Å². The summed E-state index contributed by atoms with van der Waals surface area (Å²) in [4.78, 5) is 11.4. The van der Waals surface area contributed by atoms with E-state index in [4.69, 9.17) is 20.8 Å². The molecule has 3 rings (SSSR count). The molecule has 0 saturated heterocycles. The molecule has 0 unspecified atom stereocenters. The Morgan fingerprint density at radius 2 is 1.91 bits per heavy atom. The van der Waals surface area contributed by atoms with Crippen molar-refractivity contribution in [3.63, 3.8) is 0 Å². The van der Waals surface area contributed by atoms with E-state index in [-0.39, 0.29) is 12.4 Å². The van der Waals surface area contributed by atoms with Crippen molar-refractivity contribution in [1.29, 1.82) is 0 Å². The van der Waals surface area contributed by atoms with E-state index in [9.17, 15) is 9.18 Å². The van der Waals surface area contributed by atoms with E-state index in [0.29, 0.717) is 16.4 Å². The lowest BCUT2D eigenvalue weighted by molar-refractivity contribution is 0.306. The number of aryl methyl sites for hydroxylation is 1. The highest BCUT2D eigenvalue weighted by Crippen LogP contribution is 2.31. The molecule has 0 radical (unpaired) electrons. The number of halogens is 2. The van der Waals surface area contributed by atoms with Gasteiger partial charge in [0.15, 0.2) is 0 Å². The normalized spacial score (nSPS) is 10.9. The number of hydrogen-bond acceptors (Lipinski definition) is 3. The minimum Gasteiger partial charge on any atom is -0.487 e. The average molecular weight is 319 g/mol. The Morgan fingerprint density at radius 1 is 1.18 bits per heavy atom. The van der Waals surface area contributed by atoms with Crippen LogP contribution in [0, 0.1) is 12.7 Å². The van der Waals surface area contributed by atoms with Gasteiger partial charge in [-0.05, 0) is 36.2 Å². The zero-order chi connectivity index (χ0) is 15.7. The number of rotatable bonds is 3. The second-order valence-corrected chi connectivity index (χ2v) is 5.35. The average Bonchev–Trinajstić information content (AvgIpc) is 2.48. The summed E-state index contributed by atoms with van der Waals surface area (Å²) in [5.41, 5.74) is 1.60. The van der Waals surface area contributed by atoms with Gasteiger partial charge in [0.2, 0.25) is 0 Å². The van der Waals surface area contributed by atoms with E-state index in [1.165, 1.54) is 18.2 Å². The highest BCUT2D eigenvalue weighted by atomic mass is 35.5. The van der Waals surface area contributed by atoms with Crippen LogP contribution in [0.5, 0.6) is 5.75 Å². The lowest BCUT2D eigenvalue weighted by atomic mass is 10.1. The first-order valence-corrected chi connectivity index (χ1v) is 7.02. The Labute approximate surface area is 130 Å². The Balaban J connectivity index is 1.92. The van der Waals surface area contributed by atoms with Crippen LogP contribution in [0.2, 0.25) is 5.02 Å². The Hall–Kier alpha value is -2.33. The van der Waals surface area contributed by atoms with Gasteiger partial charge in [-0.15, -0.1) is 0 Å². The third-order valence-electron chi connectivity index (χ3n) is 3.31. The first-order chi connectivity index (χ1) is 10.5. The molecule has 3 aromatic rings. The summed E-state index contributed by atoms with van der Waals surface area (Å²) in [6, 6.07) is 10.7. The second kappa shape index (κ2) is 5.81. The Kier molecular flexibility index (Phi) is 3.86. The molecule has 0 fully saturated rings. The summed E-state index contributed by atoms with van der Waals surface area (Å²) in [6.45, 7) is 2.05. The van der Waals surface area contributed by atoms with Gasteiger partial charge in [0.05, 0.1) is 5.02 Å². The molecule has 0 aliphatic carbocycles. The minimum atomic E-state index is -0.420. The molecule has 0 N–H and O–H groups in total. The van der Waals surface area contributed by atoms with Crippen LogP contribution >= 0.6 is 11.6 Å². The highest BCUT2D eigenvalue weighted by Gasteiger charge is 2.09. The van der Waals surface area contributed by atoms with E-state index in [2.05, 4.69) is 0 Å². The van der Waals surface area contributed by atoms with E-state index in [0.717, 1.165) is 16.5 Å². The minimum absolute atomic E-state index is 0.238. The molecular formula is C17H12ClFO3. The number of benzene rings is 2. The Morgan fingerprint density at radius 3 is 2.64 bits per heavy atom. The highest BCUT2D eigenvalue weighted by molar-refractivity contribution is 6.32. The summed E-state index contributed by atoms with van der Waals surface area (Å²) in [7, 11) is 0. The van der Waals surface area contributed by atoms with Crippen LogP contribution < -0.4 is 10.4 Å². The van der Waals surface area contributed by atoms with E-state index in [1.807, 2.05) is 6.92 Å². The Bertz CT molecular complexity index is 885. The fraction of sp³-hybridized carbons (Fsp3) is 0.118. The third kappa shape index (κ3) is 2.97. The molecular weight excluding hydrogens is 307 g/mol. The monoisotopic (exact) mass is 318 g/mol. The SMILES string of the molecule is Cc1cc(=O)oc2cc(OCc3ccc(F)cc3)c(Cl)cc12. The van der Waals surface area contributed by atoms with Crippen molar-refractivity contribution in [2.45, 2.75) is 13.5 Å². The van der Waals surface area contributed by atoms with Gasteiger partial charge < -0.3 is 9.15 Å². The fourth-order valence-electron chi connectivity index (χ4n) is 2.17. The van der Waals surface area contributed by atoms with Gasteiger partial charge in [-0.1, -0.05) is 23.7 Å². The lowest BCUT2D eigenvalue weighted by Crippen LogP contribution is -2.00. The first kappa shape index (κ1) is 14.6. The predicted octanol–water partition coefficient (Wildman–Crippen LogP) is 4.47. The van der Waals surface area contributed by atoms with Gasteiger partial charge in [0, 0.05) is 17.5 Å². The predicted molar refractivity (Wildman–Crippen MR) is 83.0 cm³/mol. The molecule has 5 heteroatoms. The maximum atomic E-state index is 12.9. The van der Waals surface area contributed by atoms with E-state index >= 15 is 0 Å². The van der Waals surface area contributed by atoms with E-state index in [1.54, 1.807) is 24.3 Å². The standard InChI is InChI=1S/C17H12ClFO3/c1-10-6-17(20)22-15-8-16(14(18)7-13(10)15)21-9-11-2-4-12(19)5-3-11/h2-8H,9H2,1H3. The van der Waals surface area contributed by atoms with Gasteiger partial charge in [-0.2, -0.15) is 0 Å². The second-order valence-electron chi connectivity index (χ2n) is 4.94. The van der Waals surface area contributed by atoms with Crippen molar-refractivity contribution in [1.82, 2.24) is 0 Å². The van der Waals surface area contributed by atoms with Gasteiger partial charge in [0.25, 0.3) is 0 Å². The molecule has 1 aromatic heterocycles. The molecule has 0 spiro atoms. The molecule has 0 bridgehead atoms. The molecule has 22 heavy (non-hydrogen) atoms. The van der Waals surface area contributed by atoms with Gasteiger partial charge in [0.1, 0.15) is 23.8 Å². The molecule has 0 amide bonds. The van der Waals surface area contributed by atoms with Crippen LogP contribution in [0.4, 0.5) is 4.39 Å². The third-order valence-corrected chi connectivity index (χ3v) is 3.61. The van der Waals surface area contributed by atoms with Crippen LogP contribution in [0.3, 0.4) is 0 Å². The van der Waals surface area contributed by atoms with Gasteiger partial charge in [-0.3, -0.25) is 0 Å². The molecule has 112 valence electrons. The molecule has 0 aliphatic rings. The van der Waals surface area contributed by atoms with E-state index < -0.39 is 5.63 Å². The van der Waals surface area contributed by atoms with Crippen molar-refractivity contribution in [3.8, 4) is 5.75 Å². The van der Waals surface area contributed by atoms with Crippen LogP contribution in [-0.2, 0) is 6.61 Å². The topological polar surface area (TPSA) is 39.4 Å². The smallest absolute Gasteiger partial charge is 0.336 e. The van der Waals surface area contributed by atoms with Crippen LogP contribution in [0.25, 0.3) is 11.0 Å². The summed E-state index contributed by atoms with van der Waals surface area (Å²) < 4.78 is 23.7. The molecule has 0 aliphatic heterocycles. The van der Waals surface area contributed by atoms with Crippen molar-refractivity contribution in [2.24, 2.45) is 0 Å². The lowest BCUT2D eigenvalue weighted by Gasteiger charge is -2.10. The van der Waals surface area contributed by atoms with Crippen LogP contribution in [-0.4, -0.2) is 0 Å². The van der Waals surface area contributed by atoms with Crippen molar-refractivity contribution in [3.05, 3.63) is 74.9 Å². The number of ether oxygens (including phenoxy) is 1. The maximum absolute atomic E-state index is 12.9. The first-order valence-electron chi connectivity index (χ1n) is 6.64. The molecule has 1 heterocycles. The number of fused-ring (bicyclic) bond motifs is 1. The van der Waals surface area contributed by atoms with Crippen molar-refractivity contribution >= 4 is 22.6 Å². The zero-order valence-corrected chi connectivity index (χ0v) is 12.5. The van der Waals surface area contributed by atoms with Crippen LogP contribution in [0.15, 0.2) is 51.7 Å².